The molecule has 5 nitrogen and oxygen atoms in total. The van der Waals surface area contributed by atoms with Gasteiger partial charge in [-0.2, -0.15) is 4.98 Å². The zero-order valence-corrected chi connectivity index (χ0v) is 12.1. The van der Waals surface area contributed by atoms with E-state index in [-0.39, 0.29) is 6.04 Å². The van der Waals surface area contributed by atoms with Gasteiger partial charge in [-0.1, -0.05) is 39.3 Å². The highest BCUT2D eigenvalue weighted by Gasteiger charge is 2.34. The number of hydrogen-bond donors (Lipinski definition) is 1. The predicted molar refractivity (Wildman–Crippen MR) is 70.0 cm³/mol. The van der Waals surface area contributed by atoms with Crippen molar-refractivity contribution in [3.63, 3.8) is 0 Å². The maximum atomic E-state index is 6.09. The third-order valence-corrected chi connectivity index (χ3v) is 3.92. The Hall–Kier alpha value is -0.940. The van der Waals surface area contributed by atoms with E-state index in [1.54, 1.807) is 7.11 Å². The first kappa shape index (κ1) is 15.1. The lowest BCUT2D eigenvalue weighted by molar-refractivity contribution is -0.0306. The van der Waals surface area contributed by atoms with Crippen molar-refractivity contribution in [1.29, 1.82) is 0 Å². The van der Waals surface area contributed by atoms with Crippen LogP contribution in [0.2, 0.25) is 0 Å². The Labute approximate surface area is 109 Å². The minimum atomic E-state index is -0.461. The minimum Gasteiger partial charge on any atom is -0.370 e. The molecule has 18 heavy (non-hydrogen) atoms. The van der Waals surface area contributed by atoms with Crippen molar-refractivity contribution in [3.8, 4) is 0 Å². The topological polar surface area (TPSA) is 74.2 Å². The lowest BCUT2D eigenvalue weighted by Gasteiger charge is -2.26. The highest BCUT2D eigenvalue weighted by atomic mass is 16.5. The largest absolute Gasteiger partial charge is 0.370 e. The van der Waals surface area contributed by atoms with Gasteiger partial charge >= 0.3 is 0 Å². The molecule has 0 aromatic carbocycles. The van der Waals surface area contributed by atoms with E-state index in [2.05, 4.69) is 37.8 Å². The van der Waals surface area contributed by atoms with Gasteiger partial charge in [0.2, 0.25) is 11.7 Å². The summed E-state index contributed by atoms with van der Waals surface area (Å²) in [6.45, 7) is 8.28. The van der Waals surface area contributed by atoms with E-state index < -0.39 is 5.60 Å². The summed E-state index contributed by atoms with van der Waals surface area (Å²) in [5, 5.41) is 4.05. The van der Waals surface area contributed by atoms with Crippen LogP contribution in [0.3, 0.4) is 0 Å². The predicted octanol–water partition coefficient (Wildman–Crippen LogP) is 2.78. The quantitative estimate of drug-likeness (QED) is 0.811. The fourth-order valence-corrected chi connectivity index (χ4v) is 2.00. The monoisotopic (exact) mass is 255 g/mol. The average molecular weight is 255 g/mol. The van der Waals surface area contributed by atoms with Crippen LogP contribution in [0.25, 0.3) is 0 Å². The Morgan fingerprint density at radius 1 is 1.33 bits per heavy atom. The van der Waals surface area contributed by atoms with E-state index in [0.717, 1.165) is 19.3 Å². The van der Waals surface area contributed by atoms with Gasteiger partial charge in [0.15, 0.2) is 0 Å². The van der Waals surface area contributed by atoms with Crippen molar-refractivity contribution in [2.75, 3.05) is 7.11 Å². The maximum absolute atomic E-state index is 6.09. The Morgan fingerprint density at radius 2 is 1.94 bits per heavy atom. The molecule has 1 heterocycles. The lowest BCUT2D eigenvalue weighted by Crippen LogP contribution is -2.28. The number of aromatic nitrogens is 2. The fraction of sp³-hybridized carbons (Fsp3) is 0.846. The molecular formula is C13H25N3O2. The molecule has 0 unspecified atom stereocenters. The second-order valence-corrected chi connectivity index (χ2v) is 4.77. The summed E-state index contributed by atoms with van der Waals surface area (Å²) in [4.78, 5) is 4.44. The van der Waals surface area contributed by atoms with Crippen LogP contribution in [0.1, 0.15) is 64.7 Å². The van der Waals surface area contributed by atoms with Crippen LogP contribution in [0.4, 0.5) is 0 Å². The first-order chi connectivity index (χ1) is 8.54. The van der Waals surface area contributed by atoms with E-state index in [1.165, 1.54) is 0 Å². The molecule has 0 saturated carbocycles. The summed E-state index contributed by atoms with van der Waals surface area (Å²) in [5.74, 6) is 1.42. The number of rotatable bonds is 7. The number of methoxy groups -OCH3 is 1. The van der Waals surface area contributed by atoms with Gasteiger partial charge in [0.1, 0.15) is 5.60 Å². The normalized spacial score (nSPS) is 15.7. The van der Waals surface area contributed by atoms with Gasteiger partial charge in [-0.05, 0) is 18.8 Å². The molecule has 0 spiro atoms. The lowest BCUT2D eigenvalue weighted by atomic mass is 9.96. The summed E-state index contributed by atoms with van der Waals surface area (Å²) in [7, 11) is 1.68. The van der Waals surface area contributed by atoms with Crippen molar-refractivity contribution in [2.24, 2.45) is 11.7 Å². The zero-order valence-electron chi connectivity index (χ0n) is 12.1. The van der Waals surface area contributed by atoms with E-state index in [1.807, 2.05) is 0 Å². The molecule has 1 aromatic heterocycles. The summed E-state index contributed by atoms with van der Waals surface area (Å²) in [5.41, 5.74) is 5.63. The zero-order chi connectivity index (χ0) is 13.8. The van der Waals surface area contributed by atoms with Crippen molar-refractivity contribution >= 4 is 0 Å². The van der Waals surface area contributed by atoms with Gasteiger partial charge in [-0.25, -0.2) is 0 Å². The molecule has 0 amide bonds. The first-order valence-corrected chi connectivity index (χ1v) is 6.69. The van der Waals surface area contributed by atoms with Crippen molar-refractivity contribution < 1.29 is 9.26 Å². The molecule has 1 rings (SSSR count). The van der Waals surface area contributed by atoms with Crippen LogP contribution in [-0.4, -0.2) is 17.3 Å². The average Bonchev–Trinajstić information content (AvgIpc) is 2.90. The third-order valence-electron chi connectivity index (χ3n) is 3.92. The van der Waals surface area contributed by atoms with Crippen molar-refractivity contribution in [1.82, 2.24) is 10.1 Å². The molecule has 0 fully saturated rings. The van der Waals surface area contributed by atoms with E-state index in [0.29, 0.717) is 17.6 Å². The molecule has 0 aliphatic carbocycles. The maximum Gasteiger partial charge on any atom is 0.243 e. The summed E-state index contributed by atoms with van der Waals surface area (Å²) >= 11 is 0. The summed E-state index contributed by atoms with van der Waals surface area (Å²) in [6, 6.07) is -0.209. The van der Waals surface area contributed by atoms with Gasteiger partial charge in [0.05, 0.1) is 6.04 Å². The molecule has 5 heteroatoms. The Morgan fingerprint density at radius 3 is 2.39 bits per heavy atom. The van der Waals surface area contributed by atoms with Gasteiger partial charge in [0, 0.05) is 7.11 Å². The van der Waals surface area contributed by atoms with Crippen molar-refractivity contribution in [3.05, 3.63) is 11.7 Å². The Bertz CT molecular complexity index is 353. The standard InChI is InChI=1S/C13H25N3O2/c1-6-9(4)10(14)11-15-12(16-18-11)13(7-2,8-3)17-5/h9-10H,6-8,14H2,1-5H3/t9-,10-/m0/s1. The van der Waals surface area contributed by atoms with Crippen molar-refractivity contribution in [2.45, 2.75) is 58.6 Å². The molecule has 1 aromatic rings. The van der Waals surface area contributed by atoms with Gasteiger partial charge in [-0.15, -0.1) is 0 Å². The smallest absolute Gasteiger partial charge is 0.243 e. The van der Waals surface area contributed by atoms with Gasteiger partial charge in [0.25, 0.3) is 0 Å². The van der Waals surface area contributed by atoms with E-state index >= 15 is 0 Å². The third kappa shape index (κ3) is 2.72. The molecule has 0 aliphatic heterocycles. The highest BCUT2D eigenvalue weighted by Crippen LogP contribution is 2.31. The fourth-order valence-electron chi connectivity index (χ4n) is 2.00. The molecular weight excluding hydrogens is 230 g/mol. The second-order valence-electron chi connectivity index (χ2n) is 4.77. The van der Waals surface area contributed by atoms with E-state index in [4.69, 9.17) is 15.0 Å². The SMILES string of the molecule is CC[C@H](C)[C@H](N)c1nc(C(CC)(CC)OC)no1. The second kappa shape index (κ2) is 6.29. The number of ether oxygens (including phenoxy) is 1. The van der Waals surface area contributed by atoms with Crippen LogP contribution in [-0.2, 0) is 10.3 Å². The van der Waals surface area contributed by atoms with Crippen LogP contribution < -0.4 is 5.73 Å². The molecule has 0 saturated heterocycles. The molecule has 104 valence electrons. The molecule has 0 aliphatic rings. The van der Waals surface area contributed by atoms with Crippen LogP contribution in [0.5, 0.6) is 0 Å². The number of nitrogens with two attached hydrogens (primary N) is 1. The Kier molecular flexibility index (Phi) is 5.28. The Balaban J connectivity index is 2.98. The summed E-state index contributed by atoms with van der Waals surface area (Å²) in [6.07, 6.45) is 2.59. The highest BCUT2D eigenvalue weighted by molar-refractivity contribution is 5.03. The van der Waals surface area contributed by atoms with Crippen LogP contribution in [0.15, 0.2) is 4.52 Å². The first-order valence-electron chi connectivity index (χ1n) is 6.69. The minimum absolute atomic E-state index is 0.209. The number of hydrogen-bond acceptors (Lipinski definition) is 5. The van der Waals surface area contributed by atoms with E-state index in [9.17, 15) is 0 Å². The van der Waals surface area contributed by atoms with Crippen LogP contribution in [0, 0.1) is 5.92 Å². The van der Waals surface area contributed by atoms with Gasteiger partial charge < -0.3 is 15.0 Å². The van der Waals surface area contributed by atoms with Crippen LogP contribution >= 0.6 is 0 Å². The molecule has 2 N–H and O–H groups in total. The molecule has 0 bridgehead atoms. The number of nitrogens with zero attached hydrogens (tertiary/aromatic N) is 2. The van der Waals surface area contributed by atoms with Gasteiger partial charge in [-0.3, -0.25) is 0 Å². The molecule has 0 radical (unpaired) electrons. The molecule has 2 atom stereocenters. The summed E-state index contributed by atoms with van der Waals surface area (Å²) < 4.78 is 10.9.